The van der Waals surface area contributed by atoms with Crippen LogP contribution in [0, 0.1) is 0 Å². The van der Waals surface area contributed by atoms with Gasteiger partial charge in [0.2, 0.25) is 0 Å². The molecule has 3 amide bonds. The molecule has 0 bridgehead atoms. The van der Waals surface area contributed by atoms with E-state index in [-0.39, 0.29) is 47.4 Å². The molecule has 6 rings (SSSR count). The van der Waals surface area contributed by atoms with Gasteiger partial charge in [0.15, 0.2) is 5.69 Å². The molecule has 256 valence electrons. The molecule has 4 aromatic rings. The minimum Gasteiger partial charge on any atom is -0.497 e. The SMILES string of the molecule is COc1ccc(-n2nc(C(F)(F)F)c3c2C(=O)N(c2ccc(C(=O)N(C)C)cc2)CC3)c(C(=O)NC2CCN(Cc3ccccc3)CC2)c1. The fourth-order valence-electron chi connectivity index (χ4n) is 6.40. The highest BCUT2D eigenvalue weighted by atomic mass is 19.4. The first kappa shape index (κ1) is 33.7. The van der Waals surface area contributed by atoms with Crippen LogP contribution in [-0.2, 0) is 19.1 Å². The number of methoxy groups -OCH3 is 1. The summed E-state index contributed by atoms with van der Waals surface area (Å²) in [6.07, 6.45) is -3.57. The van der Waals surface area contributed by atoms with Crippen LogP contribution in [0.5, 0.6) is 5.75 Å². The van der Waals surface area contributed by atoms with Gasteiger partial charge in [0.05, 0.1) is 18.4 Å². The molecule has 10 nitrogen and oxygen atoms in total. The van der Waals surface area contributed by atoms with Crippen LogP contribution in [0.3, 0.4) is 0 Å². The second-order valence-corrected chi connectivity index (χ2v) is 12.4. The van der Waals surface area contributed by atoms with E-state index in [2.05, 4.69) is 27.4 Å². The predicted molar refractivity (Wildman–Crippen MR) is 177 cm³/mol. The molecule has 2 aliphatic heterocycles. The lowest BCUT2D eigenvalue weighted by Gasteiger charge is -2.32. The molecule has 49 heavy (non-hydrogen) atoms. The summed E-state index contributed by atoms with van der Waals surface area (Å²) >= 11 is 0. The topological polar surface area (TPSA) is 100 Å². The number of piperidine rings is 1. The number of halogens is 3. The summed E-state index contributed by atoms with van der Waals surface area (Å²) in [5.74, 6) is -1.11. The summed E-state index contributed by atoms with van der Waals surface area (Å²) in [4.78, 5) is 45.4. The van der Waals surface area contributed by atoms with Crippen molar-refractivity contribution >= 4 is 23.4 Å². The van der Waals surface area contributed by atoms with Crippen LogP contribution in [0.25, 0.3) is 5.69 Å². The molecule has 0 aliphatic carbocycles. The second-order valence-electron chi connectivity index (χ2n) is 12.4. The van der Waals surface area contributed by atoms with Gasteiger partial charge in [0.25, 0.3) is 17.7 Å². The molecule has 1 aromatic heterocycles. The number of benzene rings is 3. The lowest BCUT2D eigenvalue weighted by molar-refractivity contribution is -0.141. The molecule has 3 heterocycles. The molecule has 1 saturated heterocycles. The quantitative estimate of drug-likeness (QED) is 0.276. The standard InChI is InChI=1S/C36H37F3N6O4/c1-42(2)34(47)24-9-11-26(12-10-24)44-20-17-28-31(35(44)48)45(41-32(28)36(37,38)39)30-14-13-27(49-3)21-29(30)33(46)40-25-15-18-43(19-16-25)22-23-7-5-4-6-8-23/h4-14,21,25H,15-20,22H2,1-3H3,(H,40,46). The van der Waals surface area contributed by atoms with Crippen LogP contribution in [0.1, 0.15) is 60.9 Å². The van der Waals surface area contributed by atoms with Gasteiger partial charge in [-0.05, 0) is 67.3 Å². The Morgan fingerprint density at radius 3 is 2.31 bits per heavy atom. The molecule has 0 atom stereocenters. The van der Waals surface area contributed by atoms with Crippen LogP contribution < -0.4 is 15.0 Å². The van der Waals surface area contributed by atoms with Gasteiger partial charge in [0, 0.05) is 63.1 Å². The number of nitrogens with zero attached hydrogens (tertiary/aromatic N) is 5. The van der Waals surface area contributed by atoms with Crippen molar-refractivity contribution in [1.29, 1.82) is 0 Å². The number of hydrogen-bond donors (Lipinski definition) is 1. The molecule has 0 spiro atoms. The Bertz CT molecular complexity index is 1850. The third kappa shape index (κ3) is 7.02. The zero-order valence-electron chi connectivity index (χ0n) is 27.5. The third-order valence-electron chi connectivity index (χ3n) is 8.97. The Hall–Kier alpha value is -5.17. The fraction of sp³-hybridized carbons (Fsp3) is 0.333. The summed E-state index contributed by atoms with van der Waals surface area (Å²) in [5.41, 5.74) is 0.390. The maximum Gasteiger partial charge on any atom is 0.435 e. The number of rotatable bonds is 8. The van der Waals surface area contributed by atoms with E-state index in [4.69, 9.17) is 4.74 Å². The molecule has 0 radical (unpaired) electrons. The van der Waals surface area contributed by atoms with Gasteiger partial charge in [-0.25, -0.2) is 4.68 Å². The predicted octanol–water partition coefficient (Wildman–Crippen LogP) is 5.20. The van der Waals surface area contributed by atoms with Crippen molar-refractivity contribution in [2.45, 2.75) is 38.0 Å². The maximum atomic E-state index is 14.4. The zero-order chi connectivity index (χ0) is 34.9. The van der Waals surface area contributed by atoms with Gasteiger partial charge in [0.1, 0.15) is 11.4 Å². The number of ether oxygens (including phenoxy) is 1. The Morgan fingerprint density at radius 2 is 1.67 bits per heavy atom. The van der Waals surface area contributed by atoms with E-state index < -0.39 is 23.7 Å². The third-order valence-corrected chi connectivity index (χ3v) is 8.97. The highest BCUT2D eigenvalue weighted by molar-refractivity contribution is 6.08. The number of carbonyl (C=O) groups is 3. The number of nitrogens with one attached hydrogen (secondary N) is 1. The Labute approximate surface area is 282 Å². The van der Waals surface area contributed by atoms with Crippen LogP contribution in [-0.4, -0.2) is 84.2 Å². The van der Waals surface area contributed by atoms with Gasteiger partial charge >= 0.3 is 6.18 Å². The van der Waals surface area contributed by atoms with Gasteiger partial charge in [-0.2, -0.15) is 18.3 Å². The first-order valence-corrected chi connectivity index (χ1v) is 16.0. The largest absolute Gasteiger partial charge is 0.497 e. The van der Waals surface area contributed by atoms with Crippen LogP contribution in [0.2, 0.25) is 0 Å². The summed E-state index contributed by atoms with van der Waals surface area (Å²) in [7, 11) is 4.67. The van der Waals surface area contributed by atoms with Gasteiger partial charge < -0.3 is 19.9 Å². The second kappa shape index (κ2) is 13.7. The molecular formula is C36H37F3N6O4. The minimum atomic E-state index is -4.84. The van der Waals surface area contributed by atoms with Crippen LogP contribution in [0.4, 0.5) is 18.9 Å². The number of carbonyl (C=O) groups excluding carboxylic acids is 3. The van der Waals surface area contributed by atoms with Crippen molar-refractivity contribution in [1.82, 2.24) is 24.9 Å². The molecular weight excluding hydrogens is 637 g/mol. The Kier molecular flexibility index (Phi) is 9.46. The number of fused-ring (bicyclic) bond motifs is 1. The highest BCUT2D eigenvalue weighted by Gasteiger charge is 2.44. The number of anilines is 1. The van der Waals surface area contributed by atoms with E-state index in [1.807, 2.05) is 18.2 Å². The molecule has 0 saturated carbocycles. The molecule has 1 N–H and O–H groups in total. The number of likely N-dealkylation sites (tertiary alicyclic amines) is 1. The van der Waals surface area contributed by atoms with Gasteiger partial charge in [-0.1, -0.05) is 30.3 Å². The maximum absolute atomic E-state index is 14.4. The van der Waals surface area contributed by atoms with E-state index in [9.17, 15) is 27.6 Å². The van der Waals surface area contributed by atoms with Crippen molar-refractivity contribution in [3.8, 4) is 11.4 Å². The monoisotopic (exact) mass is 674 g/mol. The van der Waals surface area contributed by atoms with E-state index in [1.54, 1.807) is 38.4 Å². The molecule has 13 heteroatoms. The minimum absolute atomic E-state index is 0.0219. The van der Waals surface area contributed by atoms with Crippen molar-refractivity contribution in [3.63, 3.8) is 0 Å². The van der Waals surface area contributed by atoms with E-state index in [0.29, 0.717) is 29.8 Å². The zero-order valence-corrected chi connectivity index (χ0v) is 27.5. The number of aromatic nitrogens is 2. The Balaban J connectivity index is 1.30. The van der Waals surface area contributed by atoms with Crippen LogP contribution >= 0.6 is 0 Å². The summed E-state index contributed by atoms with van der Waals surface area (Å²) in [6, 6.07) is 20.7. The molecule has 0 unspecified atom stereocenters. The Morgan fingerprint density at radius 1 is 0.980 bits per heavy atom. The van der Waals surface area contributed by atoms with Crippen molar-refractivity contribution in [3.05, 3.63) is 106 Å². The average molecular weight is 675 g/mol. The highest BCUT2D eigenvalue weighted by Crippen LogP contribution is 2.38. The molecule has 3 aromatic carbocycles. The lowest BCUT2D eigenvalue weighted by Crippen LogP contribution is -2.44. The van der Waals surface area contributed by atoms with E-state index in [1.165, 1.54) is 40.7 Å². The average Bonchev–Trinajstić information content (AvgIpc) is 3.50. The van der Waals surface area contributed by atoms with Crippen molar-refractivity contribution in [2.24, 2.45) is 0 Å². The summed E-state index contributed by atoms with van der Waals surface area (Å²) < 4.78 is 49.4. The molecule has 2 aliphatic rings. The molecule has 1 fully saturated rings. The summed E-state index contributed by atoms with van der Waals surface area (Å²) in [5, 5.41) is 6.99. The van der Waals surface area contributed by atoms with E-state index >= 15 is 0 Å². The normalized spacial score (nSPS) is 15.6. The number of hydrogen-bond acceptors (Lipinski definition) is 6. The number of alkyl halides is 3. The van der Waals surface area contributed by atoms with E-state index in [0.717, 1.165) is 24.3 Å². The lowest BCUT2D eigenvalue weighted by atomic mass is 10.0. The first-order valence-electron chi connectivity index (χ1n) is 16.0. The fourth-order valence-corrected chi connectivity index (χ4v) is 6.40. The van der Waals surface area contributed by atoms with Crippen molar-refractivity contribution < 1.29 is 32.3 Å². The van der Waals surface area contributed by atoms with Gasteiger partial charge in [-0.3, -0.25) is 19.3 Å². The van der Waals surface area contributed by atoms with Gasteiger partial charge in [-0.15, -0.1) is 0 Å². The first-order chi connectivity index (χ1) is 23.4. The summed E-state index contributed by atoms with van der Waals surface area (Å²) in [6.45, 7) is 2.31. The number of amides is 3. The van der Waals surface area contributed by atoms with Crippen LogP contribution in [0.15, 0.2) is 72.8 Å². The smallest absolute Gasteiger partial charge is 0.435 e. The van der Waals surface area contributed by atoms with Crippen molar-refractivity contribution in [2.75, 3.05) is 45.7 Å².